The number of aliphatic hydroxyl groups excluding tert-OH is 4. The van der Waals surface area contributed by atoms with Crippen molar-refractivity contribution in [1.82, 2.24) is 5.32 Å². The van der Waals surface area contributed by atoms with Gasteiger partial charge in [0.25, 0.3) is 0 Å². The van der Waals surface area contributed by atoms with Crippen molar-refractivity contribution in [2.75, 3.05) is 6.61 Å². The molecule has 15 nitrogen and oxygen atoms in total. The molecule has 0 aromatic rings. The molecule has 17 heteroatoms. The minimum absolute atomic E-state index is 0. The Morgan fingerprint density at radius 1 is 0.857 bits per heavy atom. The van der Waals surface area contributed by atoms with E-state index in [1.54, 1.807) is 0 Å². The first kappa shape index (κ1) is 43.3. The van der Waals surface area contributed by atoms with Gasteiger partial charge in [0.1, 0.15) is 36.5 Å². The molecule has 1 rings (SSSR count). The molecule has 230 valence electrons. The number of unbranched alkanes of at least 4 members (excludes halogenated alkanes) is 5. The summed E-state index contributed by atoms with van der Waals surface area (Å²) in [5.41, 5.74) is 0. The fraction of sp³-hybridized carbons (Fsp3) is 0.800. The summed E-state index contributed by atoms with van der Waals surface area (Å²) in [5, 5.41) is 84.0. The monoisotopic (exact) mass is 621 g/mol. The molecule has 1 amide bonds. The van der Waals surface area contributed by atoms with E-state index in [-0.39, 0.29) is 72.0 Å². The Morgan fingerprint density at radius 2 is 1.45 bits per heavy atom. The van der Waals surface area contributed by atoms with Gasteiger partial charge >= 0.3 is 71.1 Å². The van der Waals surface area contributed by atoms with Gasteiger partial charge in [-0.25, -0.2) is 4.79 Å². The van der Waals surface area contributed by atoms with Crippen LogP contribution in [0.2, 0.25) is 0 Å². The van der Waals surface area contributed by atoms with Crippen LogP contribution < -0.4 is 74.6 Å². The average Bonchev–Trinajstić information content (AvgIpc) is 2.90. The molecule has 0 radical (unpaired) electrons. The summed E-state index contributed by atoms with van der Waals surface area (Å²) in [7, 11) is 0. The number of aliphatic imine (C=N–C) groups is 2. The zero-order valence-electron chi connectivity index (χ0n) is 24.6. The van der Waals surface area contributed by atoms with Crippen LogP contribution in [0, 0.1) is 0 Å². The quantitative estimate of drug-likeness (QED) is 0.0307. The van der Waals surface area contributed by atoms with Crippen LogP contribution >= 0.6 is 0 Å². The van der Waals surface area contributed by atoms with Crippen molar-refractivity contribution < 1.29 is 119 Å². The molecule has 0 aromatic heterocycles. The van der Waals surface area contributed by atoms with E-state index in [1.165, 1.54) is 0 Å². The number of carboxylic acid groups (broad SMARTS) is 2. The van der Waals surface area contributed by atoms with Gasteiger partial charge in [0.05, 0.1) is 6.61 Å². The van der Waals surface area contributed by atoms with Gasteiger partial charge in [0.2, 0.25) is 5.91 Å². The van der Waals surface area contributed by atoms with E-state index < -0.39 is 98.2 Å². The van der Waals surface area contributed by atoms with Gasteiger partial charge in [0, 0.05) is 6.42 Å². The van der Waals surface area contributed by atoms with Crippen molar-refractivity contribution in [2.24, 2.45) is 9.98 Å². The number of carboxylic acids is 2. The molecule has 0 bridgehead atoms. The number of nitrogens with zero attached hydrogens (tertiary/aromatic N) is 2. The second-order valence-corrected chi connectivity index (χ2v) is 9.67. The number of aliphatic carboxylic acids is 2. The van der Waals surface area contributed by atoms with Gasteiger partial charge in [-0.2, -0.15) is 0 Å². The van der Waals surface area contributed by atoms with E-state index in [4.69, 9.17) is 9.84 Å². The van der Waals surface area contributed by atoms with Crippen LogP contribution in [-0.2, 0) is 19.1 Å². The fourth-order valence-corrected chi connectivity index (χ4v) is 4.01. The molecule has 0 aliphatic carbocycles. The maximum absolute atomic E-state index is 12.8. The van der Waals surface area contributed by atoms with Gasteiger partial charge in [-0.05, 0) is 37.5 Å². The van der Waals surface area contributed by atoms with Crippen LogP contribution in [0.15, 0.2) is 9.98 Å². The van der Waals surface area contributed by atoms with Crippen LogP contribution in [-0.4, -0.2) is 110 Å². The molecule has 0 unspecified atom stereocenters. The summed E-state index contributed by atoms with van der Waals surface area (Å²) in [6, 6.07) is -2.73. The van der Waals surface area contributed by atoms with Crippen LogP contribution in [0.5, 0.6) is 0 Å². The smallest absolute Gasteiger partial charge is 0.862 e. The molecule has 1 aliphatic heterocycles. The molecule has 0 saturated carbocycles. The molecule has 1 fully saturated rings. The number of ether oxygens (including phenoxy) is 1. The normalized spacial score (nSPS) is 24.1. The Hall–Kier alpha value is -0.850. The molecule has 7 N–H and O–H groups in total. The Kier molecular flexibility index (Phi) is 24.2. The molecule has 1 saturated heterocycles. The first-order valence-corrected chi connectivity index (χ1v) is 13.4. The first-order chi connectivity index (χ1) is 18.9. The van der Waals surface area contributed by atoms with Crippen molar-refractivity contribution >= 4 is 29.6 Å². The zero-order valence-corrected chi connectivity index (χ0v) is 28.6. The predicted molar refractivity (Wildman–Crippen MR) is 136 cm³/mol. The van der Waals surface area contributed by atoms with Crippen molar-refractivity contribution in [3.05, 3.63) is 0 Å². The van der Waals surface area contributed by atoms with Crippen molar-refractivity contribution in [2.45, 2.75) is 120 Å². The van der Waals surface area contributed by atoms with Crippen molar-refractivity contribution in [1.29, 1.82) is 0 Å². The molecule has 0 spiro atoms. The van der Waals surface area contributed by atoms with Gasteiger partial charge in [-0.15, -0.1) is 0 Å². The number of carbonyl (C=O) groups is 3. The summed E-state index contributed by atoms with van der Waals surface area (Å²) in [5.74, 6) is -5.25. The van der Waals surface area contributed by atoms with E-state index in [1.807, 2.05) is 0 Å². The van der Waals surface area contributed by atoms with Crippen LogP contribution in [0.3, 0.4) is 0 Å². The van der Waals surface area contributed by atoms with Gasteiger partial charge in [-0.3, -0.25) is 19.6 Å². The molecule has 1 heterocycles. The van der Waals surface area contributed by atoms with Crippen LogP contribution in [0.1, 0.15) is 77.6 Å². The van der Waals surface area contributed by atoms with Crippen LogP contribution in [0.4, 0.5) is 0 Å². The van der Waals surface area contributed by atoms with Crippen LogP contribution in [0.25, 0.3) is 0 Å². The van der Waals surface area contributed by atoms with Crippen molar-refractivity contribution in [3.8, 4) is 0 Å². The second-order valence-electron chi connectivity index (χ2n) is 9.67. The summed E-state index contributed by atoms with van der Waals surface area (Å²) in [4.78, 5) is 42.5. The minimum Gasteiger partial charge on any atom is -0.862 e. The Labute approximate surface area is 289 Å². The van der Waals surface area contributed by atoms with E-state index in [0.29, 0.717) is 6.42 Å². The second kappa shape index (κ2) is 23.5. The average molecular weight is 622 g/mol. The molecule has 0 aromatic carbocycles. The van der Waals surface area contributed by atoms with Gasteiger partial charge < -0.3 is 50.9 Å². The molecular weight excluding hydrogens is 580 g/mol. The standard InChI is InChI=1S/C25H43N3O12.2Na/c1-2-3-4-5-6-7-8-14(23(37)27-15(25(38)39)9-12-19(32)33)26-17(30)10-11-18(31)28-24-22(36)21(35)20(34)16(13-29)40-24;;/h14-16,20-22,24,29,34-36H,2-13H2,1H3,(H,26,30)(H,27,37)(H,28,31)(H,32,33)(H,38,39);;/q;2*+1/p-2/t14-,15-,16+,20+,21-,22+,24+;;/m0../s1. The summed E-state index contributed by atoms with van der Waals surface area (Å²) in [6.45, 7) is 1.36. The summed E-state index contributed by atoms with van der Waals surface area (Å²) >= 11 is 0. The van der Waals surface area contributed by atoms with E-state index in [0.717, 1.165) is 32.1 Å². The Balaban J connectivity index is 0. The molecular formula is C25H41N3Na2O12. The number of nitrogens with one attached hydrogen (secondary N) is 1. The third-order valence-electron chi connectivity index (χ3n) is 6.39. The third-order valence-corrected chi connectivity index (χ3v) is 6.39. The van der Waals surface area contributed by atoms with Gasteiger partial charge in [-0.1, -0.05) is 45.4 Å². The number of hydrogen-bond acceptors (Lipinski definition) is 12. The number of hydrogen-bond donors (Lipinski definition) is 7. The Morgan fingerprint density at radius 3 is 2.02 bits per heavy atom. The SMILES string of the molecule is CCCCCCCC[C@H](N=C([O-])CCC([O-])=N[C@@H]1O[C@H](CO)[C@@H](O)[C@H](O)[C@H]1O)C(=O)N[C@@H](CCC(=O)O)C(=O)O.[Na+].[Na+]. The third kappa shape index (κ3) is 16.3. The summed E-state index contributed by atoms with van der Waals surface area (Å²) < 4.78 is 5.13. The molecule has 7 atom stereocenters. The zero-order chi connectivity index (χ0) is 30.2. The first-order valence-electron chi connectivity index (χ1n) is 13.4. The number of aliphatic hydroxyl groups is 4. The van der Waals surface area contributed by atoms with E-state index in [9.17, 15) is 50.1 Å². The maximum Gasteiger partial charge on any atom is 1.00 e. The number of rotatable bonds is 19. The largest absolute Gasteiger partial charge is 1.00 e. The summed E-state index contributed by atoms with van der Waals surface area (Å²) in [6.07, 6.45) is -4.34. The maximum atomic E-state index is 12.8. The number of carbonyl (C=O) groups excluding carboxylic acids is 1. The molecule has 42 heavy (non-hydrogen) atoms. The topological polar surface area (TPSA) is 265 Å². The minimum atomic E-state index is -1.75. The number of amides is 1. The predicted octanol–water partition coefficient (Wildman–Crippen LogP) is -8.35. The Bertz CT molecular complexity index is 878. The van der Waals surface area contributed by atoms with E-state index in [2.05, 4.69) is 22.2 Å². The van der Waals surface area contributed by atoms with Gasteiger partial charge in [0.15, 0.2) is 6.23 Å². The van der Waals surface area contributed by atoms with Crippen molar-refractivity contribution in [3.63, 3.8) is 0 Å². The fourth-order valence-electron chi connectivity index (χ4n) is 4.01. The van der Waals surface area contributed by atoms with E-state index >= 15 is 0 Å². The molecule has 1 aliphatic rings.